The quantitative estimate of drug-likeness (QED) is 0.248. The number of aromatic nitrogens is 2. The fourth-order valence-electron chi connectivity index (χ4n) is 2.81. The van der Waals surface area contributed by atoms with E-state index >= 15 is 0 Å². The Balaban J connectivity index is 1.84. The van der Waals surface area contributed by atoms with Crippen LogP contribution in [0.3, 0.4) is 0 Å². The fraction of sp³-hybridized carbons (Fsp3) is 0.455. The number of piperidine rings is 1. The molecule has 1 aromatic rings. The molecule has 0 saturated carbocycles. The van der Waals surface area contributed by atoms with E-state index in [9.17, 15) is 26.0 Å². The van der Waals surface area contributed by atoms with Crippen molar-refractivity contribution in [2.45, 2.75) is 30.1 Å². The van der Waals surface area contributed by atoms with E-state index in [1.165, 1.54) is 0 Å². The summed E-state index contributed by atoms with van der Waals surface area (Å²) in [4.78, 5) is 20.0. The zero-order valence-electron chi connectivity index (χ0n) is 13.3. The number of amidine groups is 1. The van der Waals surface area contributed by atoms with Crippen molar-refractivity contribution in [2.24, 2.45) is 10.1 Å². The van der Waals surface area contributed by atoms with Gasteiger partial charge in [0.05, 0.1) is 24.5 Å². The van der Waals surface area contributed by atoms with Gasteiger partial charge in [0, 0.05) is 6.54 Å². The van der Waals surface area contributed by atoms with Gasteiger partial charge in [0.25, 0.3) is 5.16 Å². The molecule has 2 amide bonds. The summed E-state index contributed by atoms with van der Waals surface area (Å²) in [5.41, 5.74) is 5.74. The first-order chi connectivity index (χ1) is 12.5. The summed E-state index contributed by atoms with van der Waals surface area (Å²) in [6.07, 6.45) is 1.67. The Bertz CT molecular complexity index is 997. The molecule has 0 spiro atoms. The maximum absolute atomic E-state index is 12.8. The molecule has 27 heavy (non-hydrogen) atoms. The highest BCUT2D eigenvalue weighted by molar-refractivity contribution is 7.90. The Kier molecular flexibility index (Phi) is 4.74. The van der Waals surface area contributed by atoms with Crippen LogP contribution in [0, 0.1) is 5.82 Å². The summed E-state index contributed by atoms with van der Waals surface area (Å²) in [6.45, 7) is -0.0116. The minimum atomic E-state index is -4.91. The molecular formula is C11H13FN6O7S2. The van der Waals surface area contributed by atoms with Crippen molar-refractivity contribution in [3.8, 4) is 0 Å². The molecule has 2 saturated heterocycles. The average Bonchev–Trinajstić information content (AvgIpc) is 2.78. The van der Waals surface area contributed by atoms with E-state index in [1.54, 1.807) is 0 Å². The molecule has 2 fully saturated rings. The molecule has 2 bridgehead atoms. The number of nitrogens with two attached hydrogens (primary N) is 1. The number of hydroxylamine groups is 2. The van der Waals surface area contributed by atoms with Gasteiger partial charge in [-0.25, -0.2) is 19.2 Å². The van der Waals surface area contributed by atoms with Crippen LogP contribution in [0.25, 0.3) is 0 Å². The van der Waals surface area contributed by atoms with Gasteiger partial charge in [0.1, 0.15) is 5.84 Å². The van der Waals surface area contributed by atoms with Crippen LogP contribution in [-0.4, -0.2) is 71.8 Å². The van der Waals surface area contributed by atoms with Crippen molar-refractivity contribution in [3.63, 3.8) is 0 Å². The molecule has 3 rings (SSSR count). The van der Waals surface area contributed by atoms with Gasteiger partial charge >= 0.3 is 26.5 Å². The number of fused-ring (bicyclic) bond motifs is 2. The zero-order valence-corrected chi connectivity index (χ0v) is 15.0. The Morgan fingerprint density at radius 1 is 1.30 bits per heavy atom. The molecule has 3 N–H and O–H groups in total. The first-order valence-electron chi connectivity index (χ1n) is 7.32. The van der Waals surface area contributed by atoms with Gasteiger partial charge in [-0.2, -0.15) is 21.9 Å². The Morgan fingerprint density at radius 3 is 2.52 bits per heavy atom. The largest absolute Gasteiger partial charge is 0.418 e. The van der Waals surface area contributed by atoms with Gasteiger partial charge in [-0.15, -0.1) is 8.68 Å². The third-order valence-electron chi connectivity index (χ3n) is 3.89. The second-order valence-electron chi connectivity index (χ2n) is 5.69. The second kappa shape index (κ2) is 6.63. The topological polar surface area (TPSA) is 185 Å². The van der Waals surface area contributed by atoms with Crippen LogP contribution in [-0.2, 0) is 24.7 Å². The molecule has 0 unspecified atom stereocenters. The van der Waals surface area contributed by atoms with Crippen molar-refractivity contribution in [1.29, 1.82) is 0 Å². The molecule has 148 valence electrons. The first kappa shape index (κ1) is 19.3. The van der Waals surface area contributed by atoms with Crippen LogP contribution in [0.4, 0.5) is 9.18 Å². The predicted molar refractivity (Wildman–Crippen MR) is 84.2 cm³/mol. The summed E-state index contributed by atoms with van der Waals surface area (Å²) in [5.74, 6) is -1.30. The van der Waals surface area contributed by atoms with E-state index in [1.807, 2.05) is 0 Å². The minimum absolute atomic E-state index is 0.0116. The van der Waals surface area contributed by atoms with Crippen LogP contribution in [0.15, 0.2) is 21.9 Å². The number of nitrogens with zero attached hydrogens (tertiary/aromatic N) is 5. The lowest BCUT2D eigenvalue weighted by Gasteiger charge is -2.29. The molecule has 16 heteroatoms. The maximum atomic E-state index is 12.8. The average molecular weight is 424 g/mol. The molecule has 2 atom stereocenters. The van der Waals surface area contributed by atoms with Crippen LogP contribution < -0.4 is 5.73 Å². The lowest BCUT2D eigenvalue weighted by molar-refractivity contribution is -0.0316. The molecule has 0 aromatic carbocycles. The number of sulfonamides is 1. The molecule has 0 aliphatic carbocycles. The van der Waals surface area contributed by atoms with Gasteiger partial charge in [0.15, 0.2) is 5.82 Å². The molecular weight excluding hydrogens is 411 g/mol. The molecule has 3 heterocycles. The van der Waals surface area contributed by atoms with Crippen LogP contribution in [0.1, 0.15) is 12.8 Å². The highest BCUT2D eigenvalue weighted by Gasteiger charge is 2.48. The third-order valence-corrected chi connectivity index (χ3v) is 5.36. The number of amides is 2. The van der Waals surface area contributed by atoms with Gasteiger partial charge in [-0.3, -0.25) is 4.55 Å². The van der Waals surface area contributed by atoms with Gasteiger partial charge in [-0.05, 0) is 12.8 Å². The summed E-state index contributed by atoms with van der Waals surface area (Å²) in [7, 11) is -9.36. The van der Waals surface area contributed by atoms with E-state index in [2.05, 4.69) is 18.6 Å². The summed E-state index contributed by atoms with van der Waals surface area (Å²) in [6, 6.07) is -2.55. The van der Waals surface area contributed by atoms with Crippen LogP contribution in [0.2, 0.25) is 0 Å². The van der Waals surface area contributed by atoms with E-state index in [0.717, 1.165) is 4.90 Å². The smallest absolute Gasteiger partial charge is 0.385 e. The normalized spacial score (nSPS) is 23.8. The first-order valence-corrected chi connectivity index (χ1v) is 10.1. The number of carbonyl (C=O) groups is 1. The summed E-state index contributed by atoms with van der Waals surface area (Å²) < 4.78 is 75.3. The number of rotatable bonds is 5. The second-order valence-corrected chi connectivity index (χ2v) is 8.19. The van der Waals surface area contributed by atoms with Gasteiger partial charge < -0.3 is 10.6 Å². The van der Waals surface area contributed by atoms with E-state index in [4.69, 9.17) is 10.3 Å². The molecule has 2 aliphatic rings. The molecule has 0 radical (unpaired) electrons. The minimum Gasteiger partial charge on any atom is -0.385 e. The fourth-order valence-corrected chi connectivity index (χ4v) is 4.05. The van der Waals surface area contributed by atoms with Crippen molar-refractivity contribution < 1.29 is 34.9 Å². The number of hydrogen-bond acceptors (Lipinski definition) is 8. The summed E-state index contributed by atoms with van der Waals surface area (Å²) in [5, 5.41) is -0.287. The third kappa shape index (κ3) is 3.97. The molecule has 13 nitrogen and oxygen atoms in total. The lowest BCUT2D eigenvalue weighted by Crippen LogP contribution is -2.48. The van der Waals surface area contributed by atoms with Crippen molar-refractivity contribution >= 4 is 32.3 Å². The standard InChI is InChI=1S/C11H13FN6O7S2/c12-6-3-14-10(15-4-6)26(20,21)16-9(13)8-2-1-7-5-17(8)11(19)18(7)25-27(22,23)24/h3-4,7-8H,1-2,5H2,(H2,13,16)(H,22,23,24)/t7-,8+/m1/s1. The number of hydrogen-bond donors (Lipinski definition) is 2. The SMILES string of the molecule is NC(=NS(=O)(=O)c1ncc(F)cn1)[C@@H]1CC[C@@H]2CN1C(=O)N2OS(=O)(=O)O. The van der Waals surface area contributed by atoms with E-state index < -0.39 is 55.3 Å². The Hall–Kier alpha value is -2.43. The number of halogens is 1. The zero-order chi connectivity index (χ0) is 20.0. The van der Waals surface area contributed by atoms with Crippen LogP contribution >= 0.6 is 0 Å². The lowest BCUT2D eigenvalue weighted by atomic mass is 10.0. The number of carbonyl (C=O) groups excluding carboxylic acids is 1. The Labute approximate surface area is 152 Å². The van der Waals surface area contributed by atoms with Gasteiger partial charge in [0.2, 0.25) is 0 Å². The summed E-state index contributed by atoms with van der Waals surface area (Å²) >= 11 is 0. The molecule has 2 aliphatic heterocycles. The Morgan fingerprint density at radius 2 is 1.93 bits per heavy atom. The van der Waals surface area contributed by atoms with Gasteiger partial charge in [-0.1, -0.05) is 0 Å². The van der Waals surface area contributed by atoms with Crippen molar-refractivity contribution in [2.75, 3.05) is 6.54 Å². The van der Waals surface area contributed by atoms with E-state index in [0.29, 0.717) is 17.5 Å². The highest BCUT2D eigenvalue weighted by Crippen LogP contribution is 2.31. The van der Waals surface area contributed by atoms with E-state index in [-0.39, 0.29) is 19.4 Å². The maximum Gasteiger partial charge on any atom is 0.418 e. The molecule has 1 aromatic heterocycles. The monoisotopic (exact) mass is 424 g/mol. The van der Waals surface area contributed by atoms with Crippen molar-refractivity contribution in [1.82, 2.24) is 19.9 Å². The number of urea groups is 1. The predicted octanol–water partition coefficient (Wildman–Crippen LogP) is -1.34. The van der Waals surface area contributed by atoms with Crippen LogP contribution in [0.5, 0.6) is 0 Å². The van der Waals surface area contributed by atoms with Crippen molar-refractivity contribution in [3.05, 3.63) is 18.2 Å². The highest BCUT2D eigenvalue weighted by atomic mass is 32.3.